The highest BCUT2D eigenvalue weighted by molar-refractivity contribution is 7.14. The molecular formula is C23H15Cl2N3O2S. The summed E-state index contributed by atoms with van der Waals surface area (Å²) in [5, 5.41) is 8.09. The molecule has 31 heavy (non-hydrogen) atoms. The van der Waals surface area contributed by atoms with Crippen molar-refractivity contribution in [2.24, 2.45) is 5.10 Å². The molecular weight excluding hydrogens is 453 g/mol. The SMILES string of the molecule is O=C(Oc1ccc(/C=N\Nc2nc(-c3ccc(Cl)cc3)cs2)cc1)c1ccc(Cl)cc1. The van der Waals surface area contributed by atoms with Crippen LogP contribution in [0, 0.1) is 0 Å². The predicted octanol–water partition coefficient (Wildman–Crippen LogP) is 6.78. The number of thiazole rings is 1. The maximum atomic E-state index is 12.1. The molecule has 5 nitrogen and oxygen atoms in total. The first-order valence-electron chi connectivity index (χ1n) is 9.15. The van der Waals surface area contributed by atoms with E-state index in [1.807, 2.05) is 29.6 Å². The first-order chi connectivity index (χ1) is 15.1. The van der Waals surface area contributed by atoms with Crippen molar-refractivity contribution in [1.29, 1.82) is 0 Å². The minimum absolute atomic E-state index is 0.431. The number of hydrazone groups is 1. The summed E-state index contributed by atoms with van der Waals surface area (Å²) < 4.78 is 5.36. The molecule has 0 spiro atoms. The summed E-state index contributed by atoms with van der Waals surface area (Å²) in [5.41, 5.74) is 6.03. The number of anilines is 1. The van der Waals surface area contributed by atoms with Gasteiger partial charge in [-0.05, 0) is 66.2 Å². The number of carbonyl (C=O) groups is 1. The number of benzene rings is 3. The van der Waals surface area contributed by atoms with Crippen molar-refractivity contribution in [3.63, 3.8) is 0 Å². The highest BCUT2D eigenvalue weighted by atomic mass is 35.5. The van der Waals surface area contributed by atoms with Gasteiger partial charge >= 0.3 is 5.97 Å². The molecule has 1 N–H and O–H groups in total. The summed E-state index contributed by atoms with van der Waals surface area (Å²) >= 11 is 13.2. The summed E-state index contributed by atoms with van der Waals surface area (Å²) in [6.45, 7) is 0. The number of rotatable bonds is 6. The lowest BCUT2D eigenvalue weighted by Crippen LogP contribution is -2.08. The number of nitrogens with zero attached hydrogens (tertiary/aromatic N) is 2. The van der Waals surface area contributed by atoms with Gasteiger partial charge in [-0.1, -0.05) is 35.3 Å². The van der Waals surface area contributed by atoms with E-state index in [-0.39, 0.29) is 0 Å². The largest absolute Gasteiger partial charge is 0.423 e. The molecule has 0 amide bonds. The van der Waals surface area contributed by atoms with Crippen LogP contribution in [0.5, 0.6) is 5.75 Å². The monoisotopic (exact) mass is 467 g/mol. The van der Waals surface area contributed by atoms with Crippen LogP contribution in [0.2, 0.25) is 10.0 Å². The zero-order valence-electron chi connectivity index (χ0n) is 16.0. The zero-order chi connectivity index (χ0) is 21.6. The summed E-state index contributed by atoms with van der Waals surface area (Å²) in [7, 11) is 0. The van der Waals surface area contributed by atoms with Crippen LogP contribution in [0.4, 0.5) is 5.13 Å². The Morgan fingerprint density at radius 3 is 2.26 bits per heavy atom. The molecule has 1 heterocycles. The molecule has 8 heteroatoms. The number of ether oxygens (including phenoxy) is 1. The van der Waals surface area contributed by atoms with Gasteiger partial charge < -0.3 is 4.74 Å². The molecule has 0 saturated heterocycles. The number of esters is 1. The molecule has 0 unspecified atom stereocenters. The van der Waals surface area contributed by atoms with E-state index < -0.39 is 5.97 Å². The van der Waals surface area contributed by atoms with Gasteiger partial charge in [0.05, 0.1) is 17.5 Å². The highest BCUT2D eigenvalue weighted by Gasteiger charge is 2.08. The average Bonchev–Trinajstić information content (AvgIpc) is 3.25. The molecule has 0 fully saturated rings. The van der Waals surface area contributed by atoms with Crippen LogP contribution in [0.25, 0.3) is 11.3 Å². The first-order valence-corrected chi connectivity index (χ1v) is 10.8. The minimum Gasteiger partial charge on any atom is -0.423 e. The molecule has 4 rings (SSSR count). The van der Waals surface area contributed by atoms with Crippen LogP contribution in [-0.4, -0.2) is 17.2 Å². The summed E-state index contributed by atoms with van der Waals surface area (Å²) in [4.78, 5) is 16.7. The second-order valence-electron chi connectivity index (χ2n) is 6.38. The molecule has 0 aliphatic carbocycles. The van der Waals surface area contributed by atoms with Gasteiger partial charge in [-0.25, -0.2) is 9.78 Å². The van der Waals surface area contributed by atoms with Crippen molar-refractivity contribution in [3.8, 4) is 17.0 Å². The van der Waals surface area contributed by atoms with Gasteiger partial charge in [0.25, 0.3) is 0 Å². The van der Waals surface area contributed by atoms with E-state index >= 15 is 0 Å². The van der Waals surface area contributed by atoms with E-state index in [1.54, 1.807) is 54.7 Å². The van der Waals surface area contributed by atoms with Crippen molar-refractivity contribution in [1.82, 2.24) is 4.98 Å². The number of carbonyl (C=O) groups excluding carboxylic acids is 1. The van der Waals surface area contributed by atoms with Crippen molar-refractivity contribution < 1.29 is 9.53 Å². The van der Waals surface area contributed by atoms with E-state index in [4.69, 9.17) is 27.9 Å². The molecule has 0 bridgehead atoms. The lowest BCUT2D eigenvalue weighted by Gasteiger charge is -2.04. The van der Waals surface area contributed by atoms with Gasteiger partial charge in [0.15, 0.2) is 0 Å². The number of nitrogens with one attached hydrogen (secondary N) is 1. The van der Waals surface area contributed by atoms with Crippen LogP contribution < -0.4 is 10.2 Å². The molecule has 4 aromatic rings. The van der Waals surface area contributed by atoms with Gasteiger partial charge in [0.2, 0.25) is 5.13 Å². The molecule has 0 atom stereocenters. The Labute approximate surface area is 192 Å². The third-order valence-electron chi connectivity index (χ3n) is 4.19. The van der Waals surface area contributed by atoms with Crippen molar-refractivity contribution in [2.75, 3.05) is 5.43 Å². The van der Waals surface area contributed by atoms with Gasteiger partial charge in [-0.3, -0.25) is 5.43 Å². The first kappa shape index (κ1) is 21.1. The summed E-state index contributed by atoms with van der Waals surface area (Å²) in [5.74, 6) is -0.00222. The van der Waals surface area contributed by atoms with E-state index in [1.165, 1.54) is 11.3 Å². The third-order valence-corrected chi connectivity index (χ3v) is 5.44. The van der Waals surface area contributed by atoms with Crippen molar-refractivity contribution in [2.45, 2.75) is 0 Å². The van der Waals surface area contributed by atoms with Crippen LogP contribution in [0.1, 0.15) is 15.9 Å². The normalized spacial score (nSPS) is 10.9. The van der Waals surface area contributed by atoms with Gasteiger partial charge in [-0.15, -0.1) is 11.3 Å². The second-order valence-corrected chi connectivity index (χ2v) is 8.11. The topological polar surface area (TPSA) is 63.6 Å². The Balaban J connectivity index is 1.33. The molecule has 0 aliphatic heterocycles. The molecule has 0 radical (unpaired) electrons. The predicted molar refractivity (Wildman–Crippen MR) is 127 cm³/mol. The van der Waals surface area contributed by atoms with E-state index in [0.29, 0.717) is 26.5 Å². The number of aromatic nitrogens is 1. The standard InChI is InChI=1S/C23H15Cl2N3O2S/c24-18-7-3-16(4-8-18)21-14-31-23(27-21)28-26-13-15-1-11-20(12-2-15)30-22(29)17-5-9-19(25)10-6-17/h1-14H,(H,27,28)/b26-13-. The van der Waals surface area contributed by atoms with Gasteiger partial charge in [0, 0.05) is 21.0 Å². The Hall–Kier alpha value is -3.19. The zero-order valence-corrected chi connectivity index (χ0v) is 18.3. The average molecular weight is 468 g/mol. The Morgan fingerprint density at radius 2 is 1.58 bits per heavy atom. The Kier molecular flexibility index (Phi) is 6.62. The quantitative estimate of drug-likeness (QED) is 0.147. The minimum atomic E-state index is -0.444. The van der Waals surface area contributed by atoms with Crippen LogP contribution in [0.15, 0.2) is 83.3 Å². The van der Waals surface area contributed by atoms with Crippen molar-refractivity contribution in [3.05, 3.63) is 99.3 Å². The summed E-state index contributed by atoms with van der Waals surface area (Å²) in [6.07, 6.45) is 1.66. The fraction of sp³-hybridized carbons (Fsp3) is 0. The highest BCUT2D eigenvalue weighted by Crippen LogP contribution is 2.26. The van der Waals surface area contributed by atoms with E-state index in [0.717, 1.165) is 16.8 Å². The number of hydrogen-bond acceptors (Lipinski definition) is 6. The molecule has 3 aromatic carbocycles. The lowest BCUT2D eigenvalue weighted by molar-refractivity contribution is 0.0735. The molecule has 1 aromatic heterocycles. The molecule has 0 aliphatic rings. The fourth-order valence-corrected chi connectivity index (χ4v) is 3.53. The van der Waals surface area contributed by atoms with Crippen LogP contribution in [-0.2, 0) is 0 Å². The van der Waals surface area contributed by atoms with Crippen LogP contribution in [0.3, 0.4) is 0 Å². The van der Waals surface area contributed by atoms with Gasteiger partial charge in [0.1, 0.15) is 5.75 Å². The summed E-state index contributed by atoms with van der Waals surface area (Å²) in [6, 6.07) is 21.1. The molecule has 0 saturated carbocycles. The maximum Gasteiger partial charge on any atom is 0.343 e. The van der Waals surface area contributed by atoms with E-state index in [9.17, 15) is 4.79 Å². The van der Waals surface area contributed by atoms with Gasteiger partial charge in [-0.2, -0.15) is 5.10 Å². The number of halogens is 2. The maximum absolute atomic E-state index is 12.1. The number of hydrogen-bond donors (Lipinski definition) is 1. The third kappa shape index (κ3) is 5.70. The van der Waals surface area contributed by atoms with Crippen LogP contribution >= 0.6 is 34.5 Å². The smallest absolute Gasteiger partial charge is 0.343 e. The Bertz CT molecular complexity index is 1210. The van der Waals surface area contributed by atoms with Crippen molar-refractivity contribution >= 4 is 51.9 Å². The second kappa shape index (κ2) is 9.75. The molecule has 154 valence electrons. The fourth-order valence-electron chi connectivity index (χ4n) is 2.61. The lowest BCUT2D eigenvalue weighted by atomic mass is 10.2. The van der Waals surface area contributed by atoms with E-state index in [2.05, 4.69) is 15.5 Å². The Morgan fingerprint density at radius 1 is 0.935 bits per heavy atom.